The van der Waals surface area contributed by atoms with E-state index >= 15 is 0 Å². The molecule has 0 bridgehead atoms. The summed E-state index contributed by atoms with van der Waals surface area (Å²) >= 11 is 0. The molecule has 160 valence electrons. The number of esters is 1. The summed E-state index contributed by atoms with van der Waals surface area (Å²) in [4.78, 5) is 13.3. The Morgan fingerprint density at radius 2 is 2.03 bits per heavy atom. The third-order valence-corrected chi connectivity index (χ3v) is 5.73. The van der Waals surface area contributed by atoms with E-state index < -0.39 is 6.04 Å². The summed E-state index contributed by atoms with van der Waals surface area (Å²) in [6.07, 6.45) is 7.22. The van der Waals surface area contributed by atoms with Crippen LogP contribution in [0.5, 0.6) is 5.75 Å². The van der Waals surface area contributed by atoms with Crippen LogP contribution < -0.4 is 10.1 Å². The van der Waals surface area contributed by atoms with Crippen LogP contribution in [-0.2, 0) is 9.53 Å². The SMILES string of the molecule is CCCCOc1ccccc1C1C(C(=O)OC2CCCCC2)=C(C)Nc2nnnn21. The van der Waals surface area contributed by atoms with Crippen LogP contribution in [0.2, 0.25) is 0 Å². The van der Waals surface area contributed by atoms with Crippen LogP contribution in [0.1, 0.15) is 70.4 Å². The molecule has 0 amide bonds. The zero-order valence-electron chi connectivity index (χ0n) is 17.6. The number of hydrogen-bond acceptors (Lipinski definition) is 7. The third-order valence-electron chi connectivity index (χ3n) is 5.73. The zero-order valence-corrected chi connectivity index (χ0v) is 17.6. The van der Waals surface area contributed by atoms with Gasteiger partial charge in [0.1, 0.15) is 17.9 Å². The van der Waals surface area contributed by atoms with Gasteiger partial charge in [0, 0.05) is 11.3 Å². The van der Waals surface area contributed by atoms with Gasteiger partial charge in [-0.1, -0.05) is 43.1 Å². The van der Waals surface area contributed by atoms with E-state index in [-0.39, 0.29) is 12.1 Å². The van der Waals surface area contributed by atoms with Crippen LogP contribution in [0, 0.1) is 0 Å². The van der Waals surface area contributed by atoms with E-state index in [2.05, 4.69) is 27.8 Å². The monoisotopic (exact) mass is 411 g/mol. The fourth-order valence-electron chi connectivity index (χ4n) is 4.13. The van der Waals surface area contributed by atoms with E-state index in [1.807, 2.05) is 31.2 Å². The quantitative estimate of drug-likeness (QED) is 0.543. The minimum absolute atomic E-state index is 0.0292. The number of unbranched alkanes of at least 4 members (excludes halogenated alkanes) is 1. The Morgan fingerprint density at radius 3 is 2.83 bits per heavy atom. The summed E-state index contributed by atoms with van der Waals surface area (Å²) in [5, 5.41) is 15.2. The molecular weight excluding hydrogens is 382 g/mol. The number of ether oxygens (including phenoxy) is 2. The van der Waals surface area contributed by atoms with Crippen molar-refractivity contribution in [2.24, 2.45) is 0 Å². The molecule has 1 fully saturated rings. The molecule has 1 aromatic carbocycles. The lowest BCUT2D eigenvalue weighted by Gasteiger charge is -2.30. The minimum atomic E-state index is -0.509. The smallest absolute Gasteiger partial charge is 0.338 e. The number of fused-ring (bicyclic) bond motifs is 1. The van der Waals surface area contributed by atoms with Gasteiger partial charge in [-0.05, 0) is 55.5 Å². The highest BCUT2D eigenvalue weighted by Crippen LogP contribution is 2.39. The van der Waals surface area contributed by atoms with E-state index in [1.54, 1.807) is 4.68 Å². The summed E-state index contributed by atoms with van der Waals surface area (Å²) < 4.78 is 13.6. The second kappa shape index (κ2) is 9.28. The first-order valence-corrected chi connectivity index (χ1v) is 10.9. The molecule has 2 aliphatic rings. The van der Waals surface area contributed by atoms with Crippen LogP contribution in [-0.4, -0.2) is 38.9 Å². The zero-order chi connectivity index (χ0) is 20.9. The summed E-state index contributed by atoms with van der Waals surface area (Å²) in [5.41, 5.74) is 2.07. The Morgan fingerprint density at radius 1 is 1.23 bits per heavy atom. The van der Waals surface area contributed by atoms with Gasteiger partial charge in [0.15, 0.2) is 0 Å². The first kappa shape index (κ1) is 20.4. The summed E-state index contributed by atoms with van der Waals surface area (Å²) in [7, 11) is 0. The fraction of sp³-hybridized carbons (Fsp3) is 0.545. The molecule has 1 saturated carbocycles. The topological polar surface area (TPSA) is 91.2 Å². The maximum atomic E-state index is 13.3. The molecule has 1 unspecified atom stereocenters. The van der Waals surface area contributed by atoms with Gasteiger partial charge < -0.3 is 14.8 Å². The fourth-order valence-corrected chi connectivity index (χ4v) is 4.13. The Labute approximate surface area is 176 Å². The number of rotatable bonds is 7. The number of nitrogens with zero attached hydrogens (tertiary/aromatic N) is 4. The van der Waals surface area contributed by atoms with Gasteiger partial charge in [0.05, 0.1) is 12.2 Å². The van der Waals surface area contributed by atoms with Crippen molar-refractivity contribution in [2.45, 2.75) is 70.9 Å². The second-order valence-electron chi connectivity index (χ2n) is 7.92. The van der Waals surface area contributed by atoms with Crippen molar-refractivity contribution in [3.05, 3.63) is 41.1 Å². The largest absolute Gasteiger partial charge is 0.493 e. The first-order chi connectivity index (χ1) is 14.7. The highest BCUT2D eigenvalue weighted by Gasteiger charge is 2.37. The van der Waals surface area contributed by atoms with Crippen LogP contribution in [0.3, 0.4) is 0 Å². The second-order valence-corrected chi connectivity index (χ2v) is 7.92. The molecular formula is C22H29N5O3. The molecule has 0 spiro atoms. The number of carbonyl (C=O) groups is 1. The Bertz CT molecular complexity index is 917. The van der Waals surface area contributed by atoms with Gasteiger partial charge in [0.2, 0.25) is 5.95 Å². The molecule has 4 rings (SSSR count). The Balaban J connectivity index is 1.69. The van der Waals surface area contributed by atoms with Gasteiger partial charge in [0.25, 0.3) is 0 Å². The molecule has 0 radical (unpaired) electrons. The number of aromatic nitrogens is 4. The highest BCUT2D eigenvalue weighted by molar-refractivity contribution is 5.92. The maximum Gasteiger partial charge on any atom is 0.338 e. The van der Waals surface area contributed by atoms with Crippen molar-refractivity contribution in [1.29, 1.82) is 0 Å². The average Bonchev–Trinajstić information content (AvgIpc) is 3.22. The number of benzene rings is 1. The Kier molecular flexibility index (Phi) is 6.30. The van der Waals surface area contributed by atoms with Crippen molar-refractivity contribution in [3.63, 3.8) is 0 Å². The summed E-state index contributed by atoms with van der Waals surface area (Å²) in [5.74, 6) is 0.909. The third kappa shape index (κ3) is 4.17. The van der Waals surface area contributed by atoms with Crippen LogP contribution >= 0.6 is 0 Å². The molecule has 1 aliphatic heterocycles. The molecule has 2 aromatic rings. The predicted molar refractivity (Wildman–Crippen MR) is 112 cm³/mol. The van der Waals surface area contributed by atoms with Crippen molar-refractivity contribution in [3.8, 4) is 5.75 Å². The summed E-state index contributed by atoms with van der Waals surface area (Å²) in [6.45, 7) is 4.61. The van der Waals surface area contributed by atoms with Crippen LogP contribution in [0.25, 0.3) is 0 Å². The van der Waals surface area contributed by atoms with Crippen molar-refractivity contribution >= 4 is 11.9 Å². The molecule has 1 aromatic heterocycles. The van der Waals surface area contributed by atoms with Gasteiger partial charge >= 0.3 is 5.97 Å². The number of hydrogen-bond donors (Lipinski definition) is 1. The Hall–Kier alpha value is -2.90. The minimum Gasteiger partial charge on any atom is -0.493 e. The van der Waals surface area contributed by atoms with Crippen molar-refractivity contribution < 1.29 is 14.3 Å². The van der Waals surface area contributed by atoms with E-state index in [0.29, 0.717) is 23.8 Å². The lowest BCUT2D eigenvalue weighted by atomic mass is 9.94. The predicted octanol–water partition coefficient (Wildman–Crippen LogP) is 4.02. The van der Waals surface area contributed by atoms with Crippen LogP contribution in [0.15, 0.2) is 35.5 Å². The van der Waals surface area contributed by atoms with E-state index in [4.69, 9.17) is 9.47 Å². The molecule has 8 heteroatoms. The van der Waals surface area contributed by atoms with Crippen molar-refractivity contribution in [1.82, 2.24) is 20.2 Å². The number of carbonyl (C=O) groups excluding carboxylic acids is 1. The summed E-state index contributed by atoms with van der Waals surface area (Å²) in [6, 6.07) is 7.25. The molecule has 1 N–H and O–H groups in total. The lowest BCUT2D eigenvalue weighted by Crippen LogP contribution is -2.32. The molecule has 2 heterocycles. The van der Waals surface area contributed by atoms with Crippen molar-refractivity contribution in [2.75, 3.05) is 11.9 Å². The molecule has 8 nitrogen and oxygen atoms in total. The van der Waals surface area contributed by atoms with E-state index in [1.165, 1.54) is 6.42 Å². The molecule has 1 atom stereocenters. The van der Waals surface area contributed by atoms with E-state index in [0.717, 1.165) is 49.8 Å². The normalized spacial score (nSPS) is 19.2. The maximum absolute atomic E-state index is 13.3. The standard InChI is InChI=1S/C22H29N5O3/c1-3-4-14-29-18-13-9-8-12-17(18)20-19(15(2)23-22-24-25-26-27(20)22)21(28)30-16-10-6-5-7-11-16/h8-9,12-13,16,20H,3-7,10-11,14H2,1-2H3,(H,23,24,26). The number of tetrazole rings is 1. The average molecular weight is 412 g/mol. The number of para-hydroxylation sites is 1. The molecule has 0 saturated heterocycles. The first-order valence-electron chi connectivity index (χ1n) is 10.9. The van der Waals surface area contributed by atoms with Gasteiger partial charge in [-0.3, -0.25) is 0 Å². The van der Waals surface area contributed by atoms with Gasteiger partial charge in [-0.15, -0.1) is 0 Å². The van der Waals surface area contributed by atoms with Gasteiger partial charge in [-0.25, -0.2) is 4.79 Å². The number of anilines is 1. The highest BCUT2D eigenvalue weighted by atomic mass is 16.5. The van der Waals surface area contributed by atoms with E-state index in [9.17, 15) is 4.79 Å². The number of allylic oxidation sites excluding steroid dienone is 1. The van der Waals surface area contributed by atoms with Crippen LogP contribution in [0.4, 0.5) is 5.95 Å². The van der Waals surface area contributed by atoms with Gasteiger partial charge in [-0.2, -0.15) is 4.68 Å². The molecule has 1 aliphatic carbocycles. The number of nitrogens with one attached hydrogen (secondary N) is 1. The lowest BCUT2D eigenvalue weighted by molar-refractivity contribution is -0.146. The molecule has 30 heavy (non-hydrogen) atoms.